The highest BCUT2D eigenvalue weighted by Gasteiger charge is 2.11. The van der Waals surface area contributed by atoms with Crippen LogP contribution in [0.15, 0.2) is 46.0 Å². The van der Waals surface area contributed by atoms with Crippen LogP contribution in [0.3, 0.4) is 0 Å². The number of nitrogens with zero attached hydrogens (tertiary/aromatic N) is 1. The van der Waals surface area contributed by atoms with Gasteiger partial charge >= 0.3 is 0 Å². The number of benzene rings is 1. The van der Waals surface area contributed by atoms with Gasteiger partial charge in [-0.25, -0.2) is 4.99 Å². The first kappa shape index (κ1) is 21.1. The molecular formula is C18H22Cl2N4O3. The molecule has 0 aliphatic carbocycles. The number of guanidine groups is 1. The summed E-state index contributed by atoms with van der Waals surface area (Å²) in [5, 5.41) is 19.9. The lowest BCUT2D eigenvalue weighted by atomic mass is 10.1. The van der Waals surface area contributed by atoms with Crippen LogP contribution < -0.4 is 16.0 Å². The Bertz CT molecular complexity index is 746. The Morgan fingerprint density at radius 3 is 2.59 bits per heavy atom. The SMILES string of the molecule is CCNC(=NCC(=O)NCc1ccco1)NCC(O)c1cc(Cl)cc(Cl)c1. The number of carbonyl (C=O) groups excluding carboxylic acids is 1. The van der Waals surface area contributed by atoms with E-state index in [0.29, 0.717) is 40.4 Å². The van der Waals surface area contributed by atoms with Gasteiger partial charge in [0, 0.05) is 23.1 Å². The van der Waals surface area contributed by atoms with Gasteiger partial charge in [0.2, 0.25) is 5.91 Å². The molecule has 27 heavy (non-hydrogen) atoms. The summed E-state index contributed by atoms with van der Waals surface area (Å²) in [7, 11) is 0. The molecule has 9 heteroatoms. The van der Waals surface area contributed by atoms with E-state index in [2.05, 4.69) is 20.9 Å². The number of aliphatic imine (C=N–C) groups is 1. The van der Waals surface area contributed by atoms with Crippen molar-refractivity contribution in [2.45, 2.75) is 19.6 Å². The second kappa shape index (κ2) is 10.8. The van der Waals surface area contributed by atoms with Gasteiger partial charge in [0.25, 0.3) is 0 Å². The Labute approximate surface area is 167 Å². The van der Waals surface area contributed by atoms with E-state index in [9.17, 15) is 9.90 Å². The zero-order chi connectivity index (χ0) is 19.6. The molecule has 1 aromatic heterocycles. The predicted molar refractivity (Wildman–Crippen MR) is 106 cm³/mol. The van der Waals surface area contributed by atoms with Crippen molar-refractivity contribution in [1.29, 1.82) is 0 Å². The van der Waals surface area contributed by atoms with E-state index in [-0.39, 0.29) is 19.0 Å². The van der Waals surface area contributed by atoms with Crippen molar-refractivity contribution in [1.82, 2.24) is 16.0 Å². The number of hydrogen-bond donors (Lipinski definition) is 4. The van der Waals surface area contributed by atoms with E-state index in [1.807, 2.05) is 6.92 Å². The summed E-state index contributed by atoms with van der Waals surface area (Å²) in [4.78, 5) is 16.1. The molecule has 1 amide bonds. The maximum Gasteiger partial charge on any atom is 0.242 e. The molecule has 1 aromatic carbocycles. The Kier molecular flexibility index (Phi) is 8.44. The van der Waals surface area contributed by atoms with Gasteiger partial charge < -0.3 is 25.5 Å². The van der Waals surface area contributed by atoms with Crippen LogP contribution in [0.1, 0.15) is 24.4 Å². The van der Waals surface area contributed by atoms with Crippen molar-refractivity contribution in [3.63, 3.8) is 0 Å². The lowest BCUT2D eigenvalue weighted by Crippen LogP contribution is -2.40. The highest BCUT2D eigenvalue weighted by atomic mass is 35.5. The zero-order valence-electron chi connectivity index (χ0n) is 14.8. The van der Waals surface area contributed by atoms with Crippen molar-refractivity contribution in [2.24, 2.45) is 4.99 Å². The third-order valence-corrected chi connectivity index (χ3v) is 3.93. The maximum absolute atomic E-state index is 11.9. The van der Waals surface area contributed by atoms with Crippen molar-refractivity contribution in [2.75, 3.05) is 19.6 Å². The van der Waals surface area contributed by atoms with Gasteiger partial charge in [-0.15, -0.1) is 0 Å². The number of rotatable bonds is 8. The fourth-order valence-corrected chi connectivity index (χ4v) is 2.77. The van der Waals surface area contributed by atoms with Crippen molar-refractivity contribution >= 4 is 35.1 Å². The first-order valence-electron chi connectivity index (χ1n) is 8.43. The Hall–Kier alpha value is -2.22. The Balaban J connectivity index is 1.85. The molecule has 0 saturated heterocycles. The lowest BCUT2D eigenvalue weighted by molar-refractivity contribution is -0.119. The molecule has 1 unspecified atom stereocenters. The standard InChI is InChI=1S/C18H22Cl2N4O3/c1-2-21-18(24-11-17(26)22-9-15-4-3-5-27-15)23-10-16(25)12-6-13(19)8-14(20)7-12/h3-8,16,25H,2,9-11H2,1H3,(H,22,26)(H2,21,23,24). The molecule has 0 aliphatic heterocycles. The average molecular weight is 413 g/mol. The second-order valence-electron chi connectivity index (χ2n) is 5.65. The molecule has 0 spiro atoms. The Morgan fingerprint density at radius 2 is 1.96 bits per heavy atom. The van der Waals surface area contributed by atoms with Crippen molar-refractivity contribution < 1.29 is 14.3 Å². The predicted octanol–water partition coefficient (Wildman–Crippen LogP) is 2.49. The zero-order valence-corrected chi connectivity index (χ0v) is 16.3. The van der Waals surface area contributed by atoms with E-state index in [0.717, 1.165) is 0 Å². The van der Waals surface area contributed by atoms with Crippen LogP contribution >= 0.6 is 23.2 Å². The third-order valence-electron chi connectivity index (χ3n) is 3.50. The van der Waals surface area contributed by atoms with Crippen LogP contribution in [0.4, 0.5) is 0 Å². The number of carbonyl (C=O) groups is 1. The summed E-state index contributed by atoms with van der Waals surface area (Å²) < 4.78 is 5.15. The average Bonchev–Trinajstić information content (AvgIpc) is 3.14. The molecule has 2 rings (SSSR count). The molecule has 0 radical (unpaired) electrons. The minimum atomic E-state index is -0.835. The van der Waals surface area contributed by atoms with Crippen molar-refractivity contribution in [3.05, 3.63) is 58.0 Å². The summed E-state index contributed by atoms with van der Waals surface area (Å²) >= 11 is 11.9. The molecule has 146 valence electrons. The number of aliphatic hydroxyl groups excluding tert-OH is 1. The van der Waals surface area contributed by atoms with Crippen LogP contribution in [0.2, 0.25) is 10.0 Å². The van der Waals surface area contributed by atoms with E-state index >= 15 is 0 Å². The molecule has 7 nitrogen and oxygen atoms in total. The highest BCUT2D eigenvalue weighted by molar-refractivity contribution is 6.34. The van der Waals surface area contributed by atoms with E-state index in [1.165, 1.54) is 0 Å². The van der Waals surface area contributed by atoms with Gasteiger partial charge in [0.15, 0.2) is 5.96 Å². The number of hydrogen-bond acceptors (Lipinski definition) is 4. The molecule has 1 atom stereocenters. The van der Waals surface area contributed by atoms with E-state index in [4.69, 9.17) is 27.6 Å². The molecule has 0 fully saturated rings. The van der Waals surface area contributed by atoms with E-state index < -0.39 is 6.10 Å². The fourth-order valence-electron chi connectivity index (χ4n) is 2.23. The lowest BCUT2D eigenvalue weighted by Gasteiger charge is -2.16. The highest BCUT2D eigenvalue weighted by Crippen LogP contribution is 2.23. The topological polar surface area (TPSA) is 98.9 Å². The maximum atomic E-state index is 11.9. The van der Waals surface area contributed by atoms with Crippen LogP contribution in [0.5, 0.6) is 0 Å². The largest absolute Gasteiger partial charge is 0.467 e. The van der Waals surface area contributed by atoms with Gasteiger partial charge in [-0.2, -0.15) is 0 Å². The molecule has 0 saturated carbocycles. The minimum Gasteiger partial charge on any atom is -0.467 e. The molecular weight excluding hydrogens is 391 g/mol. The molecule has 0 aliphatic rings. The normalized spacial score (nSPS) is 12.5. The minimum absolute atomic E-state index is 0.0604. The van der Waals surface area contributed by atoms with Gasteiger partial charge in [-0.1, -0.05) is 23.2 Å². The van der Waals surface area contributed by atoms with E-state index in [1.54, 1.807) is 36.6 Å². The number of amides is 1. The van der Waals surface area contributed by atoms with Crippen LogP contribution in [-0.2, 0) is 11.3 Å². The summed E-state index contributed by atoms with van der Waals surface area (Å²) in [5.41, 5.74) is 0.590. The fraction of sp³-hybridized carbons (Fsp3) is 0.333. The number of aliphatic hydroxyl groups is 1. The number of furan rings is 1. The van der Waals surface area contributed by atoms with Crippen LogP contribution in [0, 0.1) is 0 Å². The molecule has 0 bridgehead atoms. The smallest absolute Gasteiger partial charge is 0.242 e. The summed E-state index contributed by atoms with van der Waals surface area (Å²) in [6, 6.07) is 8.42. The summed E-state index contributed by atoms with van der Waals surface area (Å²) in [5.74, 6) is 0.837. The quantitative estimate of drug-likeness (QED) is 0.394. The first-order valence-corrected chi connectivity index (χ1v) is 9.19. The third kappa shape index (κ3) is 7.50. The Morgan fingerprint density at radius 1 is 1.22 bits per heavy atom. The number of halogens is 2. The van der Waals surface area contributed by atoms with Gasteiger partial charge in [0.1, 0.15) is 12.3 Å². The van der Waals surface area contributed by atoms with Gasteiger partial charge in [0.05, 0.1) is 18.9 Å². The first-order chi connectivity index (χ1) is 13.0. The molecule has 4 N–H and O–H groups in total. The van der Waals surface area contributed by atoms with Crippen LogP contribution in [-0.4, -0.2) is 36.6 Å². The van der Waals surface area contributed by atoms with Crippen LogP contribution in [0.25, 0.3) is 0 Å². The summed E-state index contributed by atoms with van der Waals surface area (Å²) in [6.45, 7) is 2.94. The van der Waals surface area contributed by atoms with Crippen molar-refractivity contribution in [3.8, 4) is 0 Å². The molecule has 2 aromatic rings. The monoisotopic (exact) mass is 412 g/mol. The van der Waals surface area contributed by atoms with Gasteiger partial charge in [-0.3, -0.25) is 4.79 Å². The van der Waals surface area contributed by atoms with Gasteiger partial charge in [-0.05, 0) is 42.8 Å². The summed E-state index contributed by atoms with van der Waals surface area (Å²) in [6.07, 6.45) is 0.712. The number of nitrogens with one attached hydrogen (secondary N) is 3. The molecule has 1 heterocycles. The second-order valence-corrected chi connectivity index (χ2v) is 6.52.